The summed E-state index contributed by atoms with van der Waals surface area (Å²) in [4.78, 5) is 0. The Morgan fingerprint density at radius 1 is 1.21 bits per heavy atom. The first-order valence-electron chi connectivity index (χ1n) is 6.37. The lowest BCUT2D eigenvalue weighted by atomic mass is 10.0. The van der Waals surface area contributed by atoms with Crippen LogP contribution in [0, 0.1) is 5.41 Å². The van der Waals surface area contributed by atoms with E-state index in [1.165, 1.54) is 0 Å². The molecule has 0 fully saturated rings. The Hall–Kier alpha value is -0.910. The number of sulfonamides is 1. The second-order valence-electron chi connectivity index (χ2n) is 6.01. The molecule has 0 saturated heterocycles. The van der Waals surface area contributed by atoms with Gasteiger partial charge >= 0.3 is 0 Å². The van der Waals surface area contributed by atoms with Crippen LogP contribution >= 0.6 is 0 Å². The first kappa shape index (κ1) is 16.1. The fourth-order valence-corrected chi connectivity index (χ4v) is 3.80. The van der Waals surface area contributed by atoms with Crippen molar-refractivity contribution in [2.24, 2.45) is 5.41 Å². The van der Waals surface area contributed by atoms with Crippen LogP contribution in [0.5, 0.6) is 0 Å². The fraction of sp³-hybridized carbons (Fsp3) is 0.571. The smallest absolute Gasteiger partial charge is 0.212 e. The van der Waals surface area contributed by atoms with Gasteiger partial charge in [-0.05, 0) is 17.4 Å². The number of nitrogens with one attached hydrogen (secondary N) is 1. The van der Waals surface area contributed by atoms with Crippen LogP contribution < -0.4 is 4.72 Å². The van der Waals surface area contributed by atoms with E-state index in [4.69, 9.17) is 0 Å². The van der Waals surface area contributed by atoms with Crippen LogP contribution in [0.2, 0.25) is 0 Å². The monoisotopic (exact) mass is 285 g/mol. The highest BCUT2D eigenvalue weighted by molar-refractivity contribution is 7.89. The summed E-state index contributed by atoms with van der Waals surface area (Å²) in [5.41, 5.74) is 0.693. The molecule has 0 aliphatic carbocycles. The van der Waals surface area contributed by atoms with Crippen molar-refractivity contribution >= 4 is 10.0 Å². The van der Waals surface area contributed by atoms with E-state index in [0.717, 1.165) is 5.56 Å². The lowest BCUT2D eigenvalue weighted by Gasteiger charge is -2.22. The maximum atomic E-state index is 12.0. The van der Waals surface area contributed by atoms with Gasteiger partial charge in [-0.25, -0.2) is 13.1 Å². The van der Waals surface area contributed by atoms with Crippen LogP contribution in [0.15, 0.2) is 30.3 Å². The van der Waals surface area contributed by atoms with Crippen molar-refractivity contribution in [3.05, 3.63) is 35.9 Å². The first-order chi connectivity index (χ1) is 8.72. The maximum absolute atomic E-state index is 12.0. The molecule has 19 heavy (non-hydrogen) atoms. The van der Waals surface area contributed by atoms with Gasteiger partial charge in [-0.2, -0.15) is 0 Å². The zero-order chi connectivity index (χ0) is 14.5. The van der Waals surface area contributed by atoms with E-state index >= 15 is 0 Å². The van der Waals surface area contributed by atoms with Crippen molar-refractivity contribution in [2.75, 3.05) is 12.4 Å². The number of benzene rings is 1. The lowest BCUT2D eigenvalue weighted by molar-refractivity contribution is 0.255. The van der Waals surface area contributed by atoms with Gasteiger partial charge in [-0.3, -0.25) is 0 Å². The van der Waals surface area contributed by atoms with Gasteiger partial charge in [0.2, 0.25) is 10.0 Å². The van der Waals surface area contributed by atoms with Crippen molar-refractivity contribution in [1.29, 1.82) is 0 Å². The highest BCUT2D eigenvalue weighted by atomic mass is 32.2. The Morgan fingerprint density at radius 2 is 1.79 bits per heavy atom. The molecule has 1 aromatic rings. The van der Waals surface area contributed by atoms with Crippen LogP contribution in [0.1, 0.15) is 26.3 Å². The van der Waals surface area contributed by atoms with Gasteiger partial charge in [-0.1, -0.05) is 51.1 Å². The molecule has 0 heterocycles. The summed E-state index contributed by atoms with van der Waals surface area (Å²) in [6.07, 6.45) is 0.487. The van der Waals surface area contributed by atoms with Crippen molar-refractivity contribution in [1.82, 2.24) is 4.72 Å². The third kappa shape index (κ3) is 6.71. The van der Waals surface area contributed by atoms with E-state index in [1.54, 1.807) is 0 Å². The predicted molar refractivity (Wildman–Crippen MR) is 77.4 cm³/mol. The minimum absolute atomic E-state index is 0.0469. The summed E-state index contributed by atoms with van der Waals surface area (Å²) < 4.78 is 26.5. The second kappa shape index (κ2) is 6.50. The number of hydrogen-bond donors (Lipinski definition) is 2. The van der Waals surface area contributed by atoms with Crippen molar-refractivity contribution in [2.45, 2.75) is 33.2 Å². The van der Waals surface area contributed by atoms with Gasteiger partial charge < -0.3 is 5.11 Å². The quantitative estimate of drug-likeness (QED) is 0.833. The minimum Gasteiger partial charge on any atom is -0.395 e. The fourth-order valence-electron chi connectivity index (χ4n) is 1.91. The van der Waals surface area contributed by atoms with Crippen molar-refractivity contribution in [3.8, 4) is 0 Å². The summed E-state index contributed by atoms with van der Waals surface area (Å²) in [6, 6.07) is 9.05. The summed E-state index contributed by atoms with van der Waals surface area (Å²) in [6.45, 7) is 5.41. The molecule has 0 spiro atoms. The predicted octanol–water partition coefficient (Wildman–Crippen LogP) is 1.56. The Kier molecular flexibility index (Phi) is 5.52. The highest BCUT2D eigenvalue weighted by Gasteiger charge is 2.24. The second-order valence-corrected chi connectivity index (χ2v) is 7.76. The molecule has 108 valence electrons. The zero-order valence-electron chi connectivity index (χ0n) is 11.8. The van der Waals surface area contributed by atoms with Gasteiger partial charge in [0.15, 0.2) is 0 Å². The van der Waals surface area contributed by atoms with Crippen LogP contribution in [-0.4, -0.2) is 31.9 Å². The van der Waals surface area contributed by atoms with Crippen LogP contribution in [0.25, 0.3) is 0 Å². The number of aliphatic hydroxyl groups excluding tert-OH is 1. The van der Waals surface area contributed by atoms with Crippen LogP contribution in [0.4, 0.5) is 0 Å². The molecule has 0 aliphatic rings. The summed E-state index contributed by atoms with van der Waals surface area (Å²) in [5.74, 6) is 0.0469. The normalized spacial score (nSPS) is 14.3. The van der Waals surface area contributed by atoms with E-state index in [9.17, 15) is 13.5 Å². The third-order valence-electron chi connectivity index (χ3n) is 2.51. The number of rotatable bonds is 6. The molecule has 0 saturated carbocycles. The third-order valence-corrected chi connectivity index (χ3v) is 4.45. The Bertz CT molecular complexity index is 477. The molecule has 1 aromatic carbocycles. The van der Waals surface area contributed by atoms with Gasteiger partial charge in [0.1, 0.15) is 0 Å². The Labute approximate surface area is 115 Å². The van der Waals surface area contributed by atoms with E-state index in [2.05, 4.69) is 4.72 Å². The molecule has 0 unspecified atom stereocenters. The van der Waals surface area contributed by atoms with Gasteiger partial charge in [0, 0.05) is 6.04 Å². The molecule has 0 aromatic heterocycles. The summed E-state index contributed by atoms with van der Waals surface area (Å²) >= 11 is 0. The summed E-state index contributed by atoms with van der Waals surface area (Å²) in [7, 11) is -3.38. The number of hydrogen-bond acceptors (Lipinski definition) is 3. The molecule has 0 aliphatic heterocycles. The molecule has 2 N–H and O–H groups in total. The van der Waals surface area contributed by atoms with Crippen molar-refractivity contribution in [3.63, 3.8) is 0 Å². The van der Waals surface area contributed by atoms with Crippen LogP contribution in [-0.2, 0) is 16.4 Å². The number of aliphatic hydroxyl groups is 1. The van der Waals surface area contributed by atoms with Crippen molar-refractivity contribution < 1.29 is 13.5 Å². The highest BCUT2D eigenvalue weighted by Crippen LogP contribution is 2.16. The Balaban J connectivity index is 2.67. The van der Waals surface area contributed by atoms with E-state index < -0.39 is 16.1 Å². The molecule has 0 bridgehead atoms. The van der Waals surface area contributed by atoms with E-state index in [0.29, 0.717) is 6.42 Å². The molecule has 1 atom stereocenters. The zero-order valence-corrected chi connectivity index (χ0v) is 12.6. The molecule has 5 heteroatoms. The molecule has 4 nitrogen and oxygen atoms in total. The topological polar surface area (TPSA) is 66.4 Å². The molecular weight excluding hydrogens is 262 g/mol. The molecular formula is C14H23NO3S. The molecule has 0 radical (unpaired) electrons. The average Bonchev–Trinajstić information content (AvgIpc) is 2.25. The van der Waals surface area contributed by atoms with Gasteiger partial charge in [0.25, 0.3) is 0 Å². The standard InChI is InChI=1S/C14H23NO3S/c1-14(2,3)11-19(17,18)15-13(10-16)9-12-7-5-4-6-8-12/h4-8,13,15-16H,9-11H2,1-3H3/t13-/m0/s1. The van der Waals surface area contributed by atoms with Gasteiger partial charge in [-0.15, -0.1) is 0 Å². The SMILES string of the molecule is CC(C)(C)CS(=O)(=O)N[C@H](CO)Cc1ccccc1. The Morgan fingerprint density at radius 3 is 2.26 bits per heavy atom. The maximum Gasteiger partial charge on any atom is 0.212 e. The molecule has 0 amide bonds. The van der Waals surface area contributed by atoms with Gasteiger partial charge in [0.05, 0.1) is 12.4 Å². The minimum atomic E-state index is -3.38. The van der Waals surface area contributed by atoms with E-state index in [1.807, 2.05) is 51.1 Å². The molecule has 1 rings (SSSR count). The first-order valence-corrected chi connectivity index (χ1v) is 8.02. The lowest BCUT2D eigenvalue weighted by Crippen LogP contribution is -2.42. The average molecular weight is 285 g/mol. The van der Waals surface area contributed by atoms with Crippen LogP contribution in [0.3, 0.4) is 0 Å². The summed E-state index contributed by atoms with van der Waals surface area (Å²) in [5, 5.41) is 9.32. The largest absolute Gasteiger partial charge is 0.395 e. The van der Waals surface area contributed by atoms with E-state index in [-0.39, 0.29) is 17.8 Å².